The van der Waals surface area contributed by atoms with Gasteiger partial charge >= 0.3 is 6.03 Å². The lowest BCUT2D eigenvalue weighted by Gasteiger charge is -2.39. The maximum Gasteiger partial charge on any atom is 0.704 e. The first-order valence-electron chi connectivity index (χ1n) is 22.6. The van der Waals surface area contributed by atoms with Crippen LogP contribution >= 0.6 is 0 Å². The Hall–Kier alpha value is -3.84. The molecule has 1 atom stereocenters. The second-order valence-electron chi connectivity index (χ2n) is 20.1. The molecule has 1 saturated heterocycles. The Labute approximate surface area is 351 Å². The minimum absolute atomic E-state index is 0.00398. The predicted molar refractivity (Wildman–Crippen MR) is 240 cm³/mol. The fourth-order valence-corrected chi connectivity index (χ4v) is 9.09. The third-order valence-electron chi connectivity index (χ3n) is 12.5. The molecule has 0 saturated carbocycles. The fourth-order valence-electron chi connectivity index (χ4n) is 9.09. The summed E-state index contributed by atoms with van der Waals surface area (Å²) in [4.78, 5) is 0. The van der Waals surface area contributed by atoms with E-state index in [0.29, 0.717) is 13.2 Å². The molecule has 7 heteroatoms. The number of hydrogen-bond acceptors (Lipinski definition) is 4. The van der Waals surface area contributed by atoms with Gasteiger partial charge in [0.15, 0.2) is 23.9 Å². The lowest BCUT2D eigenvalue weighted by Crippen LogP contribution is -2.61. The molecule has 1 spiro atoms. The minimum atomic E-state index is -1.15. The Morgan fingerprint density at radius 2 is 1.28 bits per heavy atom. The van der Waals surface area contributed by atoms with Crippen molar-refractivity contribution in [2.75, 3.05) is 45.9 Å². The van der Waals surface area contributed by atoms with Gasteiger partial charge in [0.2, 0.25) is 12.1 Å². The maximum atomic E-state index is 7.29. The maximum absolute atomic E-state index is 7.29. The number of unbranched alkanes of at least 4 members (excludes halogenated alkanes) is 3. The van der Waals surface area contributed by atoms with Gasteiger partial charge in [-0.2, -0.15) is 0 Å². The topological polar surface area (TPSA) is 42.9 Å². The highest BCUT2D eigenvalue weighted by Gasteiger charge is 2.75. The second kappa shape index (κ2) is 17.0. The van der Waals surface area contributed by atoms with Crippen LogP contribution in [0, 0.1) is 6.92 Å². The van der Waals surface area contributed by atoms with Crippen molar-refractivity contribution in [1.82, 2.24) is 0 Å². The number of fused-ring (bicyclic) bond motifs is 2. The summed E-state index contributed by atoms with van der Waals surface area (Å²) >= 11 is 0. The van der Waals surface area contributed by atoms with Gasteiger partial charge in [0.05, 0.1) is 42.9 Å². The lowest BCUT2D eigenvalue weighted by atomic mass is 9.79. The lowest BCUT2D eigenvalue weighted by molar-refractivity contribution is -0.928. The van der Waals surface area contributed by atoms with Crippen LogP contribution in [0.2, 0.25) is 0 Å². The zero-order chi connectivity index (χ0) is 42.1. The number of benzene rings is 3. The molecule has 3 aromatic carbocycles. The van der Waals surface area contributed by atoms with Crippen molar-refractivity contribution in [2.45, 2.75) is 157 Å². The van der Waals surface area contributed by atoms with Crippen molar-refractivity contribution in [3.05, 3.63) is 70.3 Å². The molecule has 7 nitrogen and oxygen atoms in total. The second-order valence-corrected chi connectivity index (χ2v) is 20.1. The summed E-state index contributed by atoms with van der Waals surface area (Å²) in [6, 6.07) is 14.3. The van der Waals surface area contributed by atoms with E-state index in [1.165, 1.54) is 69.3 Å². The van der Waals surface area contributed by atoms with Crippen LogP contribution in [0.1, 0.15) is 156 Å². The normalized spacial score (nSPS) is 18.2. The van der Waals surface area contributed by atoms with E-state index >= 15 is 0 Å². The van der Waals surface area contributed by atoms with Crippen LogP contribution < -0.4 is 18.9 Å². The van der Waals surface area contributed by atoms with E-state index in [1.807, 2.05) is 0 Å². The SMILES string of the molecule is CCCC[N+](CCCC)(CCCC)CCOc1cccc(OCCC)c1-c1cc(C)c2c(c1)C=[N+]1C(C)(C)C[N+]3=Cc4cc(C(C)(C)C)cc(C(C)(C)C)c4OC31O2. The molecule has 0 radical (unpaired) electrons. The van der Waals surface area contributed by atoms with Crippen LogP contribution in [0.15, 0.2) is 42.5 Å². The average Bonchev–Trinajstić information content (AvgIpc) is 3.39. The number of aryl methyl sites for hydroxylation is 1. The molecule has 1 unspecified atom stereocenters. The molecule has 3 heterocycles. The molecular formula is C51H76N3O4+3. The summed E-state index contributed by atoms with van der Waals surface area (Å²) in [6.07, 6.45) is 12.9. The summed E-state index contributed by atoms with van der Waals surface area (Å²) in [5, 5.41) is 0. The Kier molecular flexibility index (Phi) is 12.8. The van der Waals surface area contributed by atoms with Crippen molar-refractivity contribution in [2.24, 2.45) is 0 Å². The minimum Gasteiger partial charge on any atom is -0.493 e. The van der Waals surface area contributed by atoms with Crippen LogP contribution in [0.5, 0.6) is 23.0 Å². The summed E-state index contributed by atoms with van der Waals surface area (Å²) in [5.74, 6) is 3.47. The van der Waals surface area contributed by atoms with Crippen LogP contribution in [-0.2, 0) is 10.8 Å². The highest BCUT2D eigenvalue weighted by atomic mass is 16.7. The summed E-state index contributed by atoms with van der Waals surface area (Å²) in [7, 11) is 0. The van der Waals surface area contributed by atoms with Crippen molar-refractivity contribution in [3.63, 3.8) is 0 Å². The third-order valence-corrected chi connectivity index (χ3v) is 12.5. The van der Waals surface area contributed by atoms with Gasteiger partial charge in [-0.3, -0.25) is 0 Å². The predicted octanol–water partition coefficient (Wildman–Crippen LogP) is 11.4. The van der Waals surface area contributed by atoms with Gasteiger partial charge in [-0.1, -0.05) is 110 Å². The Morgan fingerprint density at radius 1 is 0.690 bits per heavy atom. The quantitative estimate of drug-likeness (QED) is 0.101. The number of nitrogens with zero attached hydrogens (tertiary/aromatic N) is 3. The van der Waals surface area contributed by atoms with E-state index < -0.39 is 6.03 Å². The van der Waals surface area contributed by atoms with E-state index in [2.05, 4.69) is 154 Å². The van der Waals surface area contributed by atoms with Gasteiger partial charge in [0.1, 0.15) is 24.7 Å². The van der Waals surface area contributed by atoms with Gasteiger partial charge in [-0.25, -0.2) is 0 Å². The molecule has 0 aromatic heterocycles. The first-order chi connectivity index (χ1) is 27.4. The van der Waals surface area contributed by atoms with Crippen LogP contribution in [0.3, 0.4) is 0 Å². The molecule has 6 rings (SSSR count). The molecule has 1 fully saturated rings. The van der Waals surface area contributed by atoms with E-state index in [1.54, 1.807) is 0 Å². The molecule has 3 aliphatic heterocycles. The largest absolute Gasteiger partial charge is 0.704 e. The van der Waals surface area contributed by atoms with Crippen LogP contribution in [-0.4, -0.2) is 83.6 Å². The van der Waals surface area contributed by atoms with E-state index in [4.69, 9.17) is 18.9 Å². The zero-order valence-corrected chi connectivity index (χ0v) is 38.6. The molecule has 58 heavy (non-hydrogen) atoms. The molecule has 316 valence electrons. The summed E-state index contributed by atoms with van der Waals surface area (Å²) in [6.45, 7) is 36.2. The Morgan fingerprint density at radius 3 is 1.84 bits per heavy atom. The molecular weight excluding hydrogens is 719 g/mol. The van der Waals surface area contributed by atoms with E-state index in [0.717, 1.165) is 74.8 Å². The number of hydrogen-bond donors (Lipinski definition) is 0. The number of rotatable bonds is 17. The van der Waals surface area contributed by atoms with Crippen LogP contribution in [0.4, 0.5) is 0 Å². The van der Waals surface area contributed by atoms with Gasteiger partial charge < -0.3 is 23.4 Å². The molecule has 0 N–H and O–H groups in total. The van der Waals surface area contributed by atoms with Crippen molar-refractivity contribution >= 4 is 12.4 Å². The monoisotopic (exact) mass is 795 g/mol. The molecule has 0 aliphatic carbocycles. The number of ether oxygens (including phenoxy) is 4. The van der Waals surface area contributed by atoms with E-state index in [-0.39, 0.29) is 16.4 Å². The standard InChI is InChI=1S/C51H76N3O4/c1-14-18-24-54(25-19-15-2,26-20-16-3)27-29-56-44-23-21-22-43(55-28-17-4)45(44)38-30-37(5)46-39(31-38)35-53-50(12,13)36-52-34-40-32-41(48(6,7)8)33-42(49(9,10)11)47(40)58-51(52,53)57-46/h21-23,30-35H,14-20,24-29,36H2,1-13H3/q+3. The van der Waals surface area contributed by atoms with Gasteiger partial charge in [-0.15, -0.1) is 0 Å². The third kappa shape index (κ3) is 8.72. The number of quaternary nitrogens is 1. The highest BCUT2D eigenvalue weighted by Crippen LogP contribution is 2.48. The first kappa shape index (κ1) is 43.7. The van der Waals surface area contributed by atoms with Gasteiger partial charge in [0.25, 0.3) is 0 Å². The molecule has 0 amide bonds. The molecule has 3 aromatic rings. The Bertz CT molecular complexity index is 1990. The smallest absolute Gasteiger partial charge is 0.493 e. The van der Waals surface area contributed by atoms with Gasteiger partial charge in [-0.05, 0) is 90.5 Å². The Balaban J connectivity index is 1.41. The fraction of sp³-hybridized carbons (Fsp3) is 0.608. The summed E-state index contributed by atoms with van der Waals surface area (Å²) < 4.78 is 33.6. The molecule has 3 aliphatic rings. The van der Waals surface area contributed by atoms with Crippen LogP contribution in [0.25, 0.3) is 11.1 Å². The van der Waals surface area contributed by atoms with Gasteiger partial charge in [0, 0.05) is 19.4 Å². The molecule has 0 bridgehead atoms. The zero-order valence-electron chi connectivity index (χ0n) is 38.6. The van der Waals surface area contributed by atoms with Crippen molar-refractivity contribution < 1.29 is 32.6 Å². The summed E-state index contributed by atoms with van der Waals surface area (Å²) in [5.41, 5.74) is 7.33. The first-order valence-corrected chi connectivity index (χ1v) is 22.6. The highest BCUT2D eigenvalue weighted by molar-refractivity contribution is 5.88. The van der Waals surface area contributed by atoms with E-state index in [9.17, 15) is 0 Å². The van der Waals surface area contributed by atoms with Crippen molar-refractivity contribution in [1.29, 1.82) is 0 Å². The van der Waals surface area contributed by atoms with Crippen molar-refractivity contribution in [3.8, 4) is 34.1 Å². The average molecular weight is 795 g/mol.